The van der Waals surface area contributed by atoms with Crippen LogP contribution in [-0.4, -0.2) is 5.78 Å². The Kier molecular flexibility index (Phi) is 6.46. The molecule has 0 amide bonds. The van der Waals surface area contributed by atoms with Gasteiger partial charge in [-0.3, -0.25) is 4.79 Å². The van der Waals surface area contributed by atoms with Crippen LogP contribution in [0.5, 0.6) is 0 Å². The Labute approximate surface area is 128 Å². The zero-order valence-electron chi connectivity index (χ0n) is 13.1. The molecule has 21 heavy (non-hydrogen) atoms. The number of allylic oxidation sites excluding steroid dienone is 4. The molecule has 0 unspecified atom stereocenters. The third-order valence-electron chi connectivity index (χ3n) is 4.11. The first-order chi connectivity index (χ1) is 10.3. The Balaban J connectivity index is 1.75. The van der Waals surface area contributed by atoms with Crippen molar-refractivity contribution in [3.63, 3.8) is 0 Å². The number of carbonyl (C=O) groups excluding carboxylic acids is 1. The largest absolute Gasteiger partial charge is 0.293 e. The topological polar surface area (TPSA) is 17.1 Å². The molecule has 1 heteroatoms. The first kappa shape index (κ1) is 15.8. The molecule has 2 rings (SSSR count). The normalized spacial score (nSPS) is 14.0. The maximum Gasteiger partial charge on any atom is 0.173 e. The molecule has 0 atom stereocenters. The summed E-state index contributed by atoms with van der Waals surface area (Å²) in [5.74, 6) is 0.139. The van der Waals surface area contributed by atoms with Crippen LogP contribution in [0.4, 0.5) is 0 Å². The van der Waals surface area contributed by atoms with Gasteiger partial charge in [-0.15, -0.1) is 0 Å². The van der Waals surface area contributed by atoms with E-state index in [0.717, 1.165) is 12.0 Å². The van der Waals surface area contributed by atoms with Crippen LogP contribution in [0.1, 0.15) is 61.4 Å². The fraction of sp³-hybridized carbons (Fsp3) is 0.450. The summed E-state index contributed by atoms with van der Waals surface area (Å²) in [4.78, 5) is 12.2. The molecule has 1 aromatic carbocycles. The number of unbranched alkanes of at least 4 members (excludes halogenated alkanes) is 5. The predicted molar refractivity (Wildman–Crippen MR) is 89.6 cm³/mol. The molecule has 0 saturated carbocycles. The molecular formula is C20H26O. The van der Waals surface area contributed by atoms with Crippen molar-refractivity contribution in [3.05, 3.63) is 59.7 Å². The maximum absolute atomic E-state index is 12.2. The van der Waals surface area contributed by atoms with Crippen LogP contribution in [0.25, 0.3) is 0 Å². The van der Waals surface area contributed by atoms with E-state index in [4.69, 9.17) is 0 Å². The highest BCUT2D eigenvalue weighted by atomic mass is 16.1. The minimum absolute atomic E-state index is 0.0607. The highest BCUT2D eigenvalue weighted by Crippen LogP contribution is 2.17. The number of hydrogen-bond acceptors (Lipinski definition) is 1. The average molecular weight is 282 g/mol. The molecule has 1 aliphatic rings. The SMILES string of the molecule is CCCCCCCCc1ccc(C(=O)C2C=CC=C2)cc1. The van der Waals surface area contributed by atoms with Crippen LogP contribution in [0, 0.1) is 5.92 Å². The second kappa shape index (κ2) is 8.61. The molecule has 0 heterocycles. The van der Waals surface area contributed by atoms with E-state index in [1.807, 2.05) is 36.4 Å². The van der Waals surface area contributed by atoms with Gasteiger partial charge in [-0.25, -0.2) is 0 Å². The standard InChI is InChI=1S/C20H26O/c1-2-3-4-5-6-7-10-17-13-15-19(16-14-17)20(21)18-11-8-9-12-18/h8-9,11-16,18H,2-7,10H2,1H3. The van der Waals surface area contributed by atoms with E-state index in [2.05, 4.69) is 19.1 Å². The Bertz CT molecular complexity index is 481. The lowest BCUT2D eigenvalue weighted by atomic mass is 9.97. The summed E-state index contributed by atoms with van der Waals surface area (Å²) >= 11 is 0. The van der Waals surface area contributed by atoms with Crippen molar-refractivity contribution in [2.24, 2.45) is 5.92 Å². The third-order valence-corrected chi connectivity index (χ3v) is 4.11. The van der Waals surface area contributed by atoms with E-state index in [0.29, 0.717) is 0 Å². The number of Topliss-reactive ketones (excluding diaryl/α,β-unsaturated/α-hetero) is 1. The first-order valence-corrected chi connectivity index (χ1v) is 8.29. The van der Waals surface area contributed by atoms with E-state index < -0.39 is 0 Å². The second-order valence-electron chi connectivity index (χ2n) is 5.87. The summed E-state index contributed by atoms with van der Waals surface area (Å²) in [7, 11) is 0. The van der Waals surface area contributed by atoms with E-state index in [1.54, 1.807) is 0 Å². The molecule has 0 bridgehead atoms. The fourth-order valence-electron chi connectivity index (χ4n) is 2.74. The molecule has 0 saturated heterocycles. The Morgan fingerprint density at radius 2 is 1.52 bits per heavy atom. The molecule has 0 aliphatic heterocycles. The number of benzene rings is 1. The molecule has 0 aromatic heterocycles. The van der Waals surface area contributed by atoms with Crippen molar-refractivity contribution in [1.29, 1.82) is 0 Å². The lowest BCUT2D eigenvalue weighted by Crippen LogP contribution is -2.08. The van der Waals surface area contributed by atoms with Crippen LogP contribution >= 0.6 is 0 Å². The van der Waals surface area contributed by atoms with Gasteiger partial charge in [0.25, 0.3) is 0 Å². The molecule has 112 valence electrons. The number of carbonyl (C=O) groups is 1. The average Bonchev–Trinajstić information content (AvgIpc) is 3.05. The lowest BCUT2D eigenvalue weighted by molar-refractivity contribution is 0.0966. The van der Waals surface area contributed by atoms with Crippen LogP contribution in [0.2, 0.25) is 0 Å². The van der Waals surface area contributed by atoms with Gasteiger partial charge in [0.1, 0.15) is 0 Å². The van der Waals surface area contributed by atoms with Crippen molar-refractivity contribution in [2.45, 2.75) is 51.9 Å². The van der Waals surface area contributed by atoms with Crippen LogP contribution < -0.4 is 0 Å². The van der Waals surface area contributed by atoms with E-state index in [1.165, 1.54) is 44.1 Å². The molecule has 1 nitrogen and oxygen atoms in total. The molecule has 1 aliphatic carbocycles. The number of rotatable bonds is 9. The Hall–Kier alpha value is -1.63. The molecule has 0 fully saturated rings. The number of aryl methyl sites for hydroxylation is 1. The van der Waals surface area contributed by atoms with Crippen LogP contribution in [0.15, 0.2) is 48.6 Å². The van der Waals surface area contributed by atoms with Gasteiger partial charge < -0.3 is 0 Å². The van der Waals surface area contributed by atoms with Gasteiger partial charge in [-0.2, -0.15) is 0 Å². The van der Waals surface area contributed by atoms with Gasteiger partial charge in [0.05, 0.1) is 5.92 Å². The minimum atomic E-state index is -0.0607. The molecule has 0 radical (unpaired) electrons. The molecule has 0 N–H and O–H groups in total. The van der Waals surface area contributed by atoms with Crippen molar-refractivity contribution in [3.8, 4) is 0 Å². The van der Waals surface area contributed by atoms with Gasteiger partial charge in [-0.05, 0) is 18.4 Å². The number of hydrogen-bond donors (Lipinski definition) is 0. The Morgan fingerprint density at radius 1 is 0.905 bits per heavy atom. The predicted octanol–water partition coefficient (Wildman–Crippen LogP) is 5.51. The zero-order valence-corrected chi connectivity index (χ0v) is 13.1. The van der Waals surface area contributed by atoms with Crippen molar-refractivity contribution >= 4 is 5.78 Å². The molecule has 1 aromatic rings. The van der Waals surface area contributed by atoms with E-state index in [9.17, 15) is 4.79 Å². The van der Waals surface area contributed by atoms with Gasteiger partial charge in [-0.1, -0.05) is 87.6 Å². The van der Waals surface area contributed by atoms with Crippen molar-refractivity contribution in [2.75, 3.05) is 0 Å². The smallest absolute Gasteiger partial charge is 0.173 e. The summed E-state index contributed by atoms with van der Waals surface area (Å²) in [5, 5.41) is 0. The second-order valence-corrected chi connectivity index (χ2v) is 5.87. The van der Waals surface area contributed by atoms with Gasteiger partial charge >= 0.3 is 0 Å². The summed E-state index contributed by atoms with van der Waals surface area (Å²) in [5.41, 5.74) is 2.17. The monoisotopic (exact) mass is 282 g/mol. The molecular weight excluding hydrogens is 256 g/mol. The molecule has 0 spiro atoms. The van der Waals surface area contributed by atoms with Crippen LogP contribution in [-0.2, 0) is 6.42 Å². The maximum atomic E-state index is 12.2. The summed E-state index contributed by atoms with van der Waals surface area (Å²) in [6.07, 6.45) is 16.9. The fourth-order valence-corrected chi connectivity index (χ4v) is 2.74. The summed E-state index contributed by atoms with van der Waals surface area (Å²) in [6.45, 7) is 2.25. The van der Waals surface area contributed by atoms with Gasteiger partial charge in [0, 0.05) is 5.56 Å². The highest BCUT2D eigenvalue weighted by molar-refractivity contribution is 6.00. The lowest BCUT2D eigenvalue weighted by Gasteiger charge is -2.06. The van der Waals surface area contributed by atoms with Gasteiger partial charge in [0.2, 0.25) is 0 Å². The van der Waals surface area contributed by atoms with Crippen molar-refractivity contribution < 1.29 is 4.79 Å². The minimum Gasteiger partial charge on any atom is -0.293 e. The quantitative estimate of drug-likeness (QED) is 0.431. The Morgan fingerprint density at radius 3 is 2.19 bits per heavy atom. The summed E-state index contributed by atoms with van der Waals surface area (Å²) in [6, 6.07) is 8.19. The van der Waals surface area contributed by atoms with Crippen LogP contribution in [0.3, 0.4) is 0 Å². The van der Waals surface area contributed by atoms with Gasteiger partial charge in [0.15, 0.2) is 5.78 Å². The van der Waals surface area contributed by atoms with E-state index >= 15 is 0 Å². The van der Waals surface area contributed by atoms with E-state index in [-0.39, 0.29) is 11.7 Å². The number of ketones is 1. The third kappa shape index (κ3) is 5.00. The van der Waals surface area contributed by atoms with Crippen molar-refractivity contribution in [1.82, 2.24) is 0 Å². The zero-order chi connectivity index (χ0) is 14.9. The summed E-state index contributed by atoms with van der Waals surface area (Å²) < 4.78 is 0. The first-order valence-electron chi connectivity index (χ1n) is 8.29. The highest BCUT2D eigenvalue weighted by Gasteiger charge is 2.15.